The molecule has 25 heavy (non-hydrogen) atoms. The van der Waals surface area contributed by atoms with Crippen molar-refractivity contribution in [3.63, 3.8) is 0 Å². The first-order valence-corrected chi connectivity index (χ1v) is 8.39. The summed E-state index contributed by atoms with van der Waals surface area (Å²) in [5.41, 5.74) is 3.65. The number of amides is 1. The Morgan fingerprint density at radius 3 is 2.92 bits per heavy atom. The Kier molecular flexibility index (Phi) is 4.21. The Hall–Kier alpha value is -3.08. The van der Waals surface area contributed by atoms with Crippen LogP contribution >= 0.6 is 0 Å². The second-order valence-corrected chi connectivity index (χ2v) is 6.06. The van der Waals surface area contributed by atoms with E-state index < -0.39 is 0 Å². The molecule has 0 saturated carbocycles. The Balaban J connectivity index is 1.59. The maximum Gasteiger partial charge on any atom is 0.287 e. The van der Waals surface area contributed by atoms with E-state index in [0.29, 0.717) is 12.3 Å². The van der Waals surface area contributed by atoms with Crippen LogP contribution in [0.25, 0.3) is 0 Å². The molecule has 0 bridgehead atoms. The molecule has 5 heteroatoms. The molecule has 5 nitrogen and oxygen atoms in total. The van der Waals surface area contributed by atoms with Crippen LogP contribution in [0.15, 0.2) is 71.6 Å². The number of rotatable bonds is 5. The van der Waals surface area contributed by atoms with Crippen molar-refractivity contribution < 1.29 is 9.21 Å². The van der Waals surface area contributed by atoms with E-state index in [1.165, 1.54) is 17.5 Å². The number of benzene rings is 1. The number of nitrogens with one attached hydrogen (secondary N) is 1. The van der Waals surface area contributed by atoms with Crippen LogP contribution in [0.2, 0.25) is 0 Å². The minimum absolute atomic E-state index is 0.0243. The van der Waals surface area contributed by atoms with E-state index in [1.807, 2.05) is 12.3 Å². The van der Waals surface area contributed by atoms with Crippen molar-refractivity contribution in [2.75, 3.05) is 18.0 Å². The number of hydrogen-bond acceptors (Lipinski definition) is 4. The zero-order valence-corrected chi connectivity index (χ0v) is 13.8. The van der Waals surface area contributed by atoms with Crippen LogP contribution in [-0.2, 0) is 6.42 Å². The average molecular weight is 333 g/mol. The van der Waals surface area contributed by atoms with Gasteiger partial charge < -0.3 is 14.6 Å². The van der Waals surface area contributed by atoms with Gasteiger partial charge in [0.05, 0.1) is 12.3 Å². The molecule has 1 aromatic carbocycles. The number of carbonyl (C=O) groups excluding carboxylic acids is 1. The lowest BCUT2D eigenvalue weighted by molar-refractivity contribution is 0.0923. The van der Waals surface area contributed by atoms with Crippen molar-refractivity contribution in [3.8, 4) is 0 Å². The van der Waals surface area contributed by atoms with E-state index in [2.05, 4.69) is 45.5 Å². The Morgan fingerprint density at radius 2 is 2.12 bits per heavy atom. The normalized spacial score (nSPS) is 14.2. The molecule has 3 aromatic rings. The number of fused-ring (bicyclic) bond motifs is 1. The molecule has 1 amide bonds. The number of pyridine rings is 1. The maximum atomic E-state index is 12.3. The van der Waals surface area contributed by atoms with Gasteiger partial charge in [0.25, 0.3) is 5.91 Å². The van der Waals surface area contributed by atoms with Gasteiger partial charge in [-0.15, -0.1) is 0 Å². The highest BCUT2D eigenvalue weighted by Gasteiger charge is 2.27. The number of hydrogen-bond donors (Lipinski definition) is 1. The summed E-state index contributed by atoms with van der Waals surface area (Å²) in [5, 5.41) is 2.99. The number of carbonyl (C=O) groups is 1. The topological polar surface area (TPSA) is 58.4 Å². The van der Waals surface area contributed by atoms with Crippen molar-refractivity contribution in [2.45, 2.75) is 12.5 Å². The standard InChI is InChI=1S/C20H19N3O2/c24-20(19-8-4-12-25-19)22-14-18(16-6-3-10-21-13-16)23-11-9-15-5-1-2-7-17(15)23/h1-8,10,12-13,18H,9,11,14H2,(H,22,24). The largest absolute Gasteiger partial charge is 0.459 e. The number of anilines is 1. The van der Waals surface area contributed by atoms with Crippen LogP contribution in [-0.4, -0.2) is 24.0 Å². The molecule has 0 aliphatic carbocycles. The number of aromatic nitrogens is 1. The predicted octanol–water partition coefficient (Wildman–Crippen LogP) is 3.21. The van der Waals surface area contributed by atoms with Crippen LogP contribution in [0.5, 0.6) is 0 Å². The molecule has 0 saturated heterocycles. The SMILES string of the molecule is O=C(NCC(c1cccnc1)N1CCc2ccccc21)c1ccco1. The van der Waals surface area contributed by atoms with Gasteiger partial charge in [-0.2, -0.15) is 0 Å². The van der Waals surface area contributed by atoms with Gasteiger partial charge >= 0.3 is 0 Å². The third-order valence-electron chi connectivity index (χ3n) is 4.57. The summed E-state index contributed by atoms with van der Waals surface area (Å²) in [4.78, 5) is 18.9. The summed E-state index contributed by atoms with van der Waals surface area (Å²) in [6, 6.07) is 15.8. The highest BCUT2D eigenvalue weighted by molar-refractivity contribution is 5.91. The lowest BCUT2D eigenvalue weighted by Crippen LogP contribution is -2.37. The average Bonchev–Trinajstić information content (AvgIpc) is 3.33. The monoisotopic (exact) mass is 333 g/mol. The second-order valence-electron chi connectivity index (χ2n) is 6.06. The van der Waals surface area contributed by atoms with Gasteiger partial charge in [-0.05, 0) is 41.8 Å². The first-order valence-electron chi connectivity index (χ1n) is 8.39. The second kappa shape index (κ2) is 6.81. The van der Waals surface area contributed by atoms with E-state index in [-0.39, 0.29) is 11.9 Å². The molecule has 0 spiro atoms. The zero-order valence-electron chi connectivity index (χ0n) is 13.8. The summed E-state index contributed by atoms with van der Waals surface area (Å²) in [6.07, 6.45) is 6.15. The number of nitrogens with zero attached hydrogens (tertiary/aromatic N) is 2. The molecule has 1 atom stereocenters. The molecule has 4 rings (SSSR count). The molecule has 1 N–H and O–H groups in total. The maximum absolute atomic E-state index is 12.3. The van der Waals surface area contributed by atoms with Gasteiger partial charge in [0.15, 0.2) is 5.76 Å². The Labute approximate surface area is 146 Å². The molecule has 0 fully saturated rings. The molecular formula is C20H19N3O2. The molecule has 3 heterocycles. The molecule has 0 radical (unpaired) electrons. The first-order chi connectivity index (χ1) is 12.3. The Bertz CT molecular complexity index is 846. The highest BCUT2D eigenvalue weighted by Crippen LogP contribution is 2.34. The third-order valence-corrected chi connectivity index (χ3v) is 4.57. The summed E-state index contributed by atoms with van der Waals surface area (Å²) < 4.78 is 5.18. The van der Waals surface area contributed by atoms with E-state index >= 15 is 0 Å². The quantitative estimate of drug-likeness (QED) is 0.779. The van der Waals surface area contributed by atoms with Crippen LogP contribution in [0.1, 0.15) is 27.7 Å². The summed E-state index contributed by atoms with van der Waals surface area (Å²) in [7, 11) is 0. The third kappa shape index (κ3) is 3.13. The molecule has 2 aromatic heterocycles. The minimum atomic E-state index is -0.202. The van der Waals surface area contributed by atoms with Crippen molar-refractivity contribution in [2.24, 2.45) is 0 Å². The fourth-order valence-electron chi connectivity index (χ4n) is 3.35. The lowest BCUT2D eigenvalue weighted by Gasteiger charge is -2.30. The molecular weight excluding hydrogens is 314 g/mol. The minimum Gasteiger partial charge on any atom is -0.459 e. The van der Waals surface area contributed by atoms with Crippen molar-refractivity contribution in [1.29, 1.82) is 0 Å². The van der Waals surface area contributed by atoms with Gasteiger partial charge in [-0.1, -0.05) is 24.3 Å². The fraction of sp³-hybridized carbons (Fsp3) is 0.200. The molecule has 126 valence electrons. The number of furan rings is 1. The first kappa shape index (κ1) is 15.4. The molecule has 1 aliphatic heterocycles. The summed E-state index contributed by atoms with van der Waals surface area (Å²) in [5.74, 6) is 0.123. The van der Waals surface area contributed by atoms with E-state index in [9.17, 15) is 4.79 Å². The highest BCUT2D eigenvalue weighted by atomic mass is 16.3. The molecule has 1 unspecified atom stereocenters. The van der Waals surface area contributed by atoms with Crippen molar-refractivity contribution in [1.82, 2.24) is 10.3 Å². The van der Waals surface area contributed by atoms with E-state index in [4.69, 9.17) is 4.42 Å². The van der Waals surface area contributed by atoms with Crippen molar-refractivity contribution in [3.05, 3.63) is 84.1 Å². The van der Waals surface area contributed by atoms with Gasteiger partial charge in [-0.3, -0.25) is 9.78 Å². The summed E-state index contributed by atoms with van der Waals surface area (Å²) >= 11 is 0. The van der Waals surface area contributed by atoms with Gasteiger partial charge in [-0.25, -0.2) is 0 Å². The molecule has 1 aliphatic rings. The van der Waals surface area contributed by atoms with Crippen LogP contribution < -0.4 is 10.2 Å². The van der Waals surface area contributed by atoms with Crippen molar-refractivity contribution >= 4 is 11.6 Å². The zero-order chi connectivity index (χ0) is 17.1. The van der Waals surface area contributed by atoms with E-state index in [1.54, 1.807) is 18.3 Å². The number of para-hydroxylation sites is 1. The lowest BCUT2D eigenvalue weighted by atomic mass is 10.1. The van der Waals surface area contributed by atoms with Gasteiger partial charge in [0.1, 0.15) is 0 Å². The smallest absolute Gasteiger partial charge is 0.287 e. The Morgan fingerprint density at radius 1 is 1.20 bits per heavy atom. The summed E-state index contributed by atoms with van der Waals surface area (Å²) in [6.45, 7) is 1.41. The van der Waals surface area contributed by atoms with Gasteiger partial charge in [0.2, 0.25) is 0 Å². The van der Waals surface area contributed by atoms with Crippen LogP contribution in [0.4, 0.5) is 5.69 Å². The fourth-order valence-corrected chi connectivity index (χ4v) is 3.35. The van der Waals surface area contributed by atoms with Crippen LogP contribution in [0, 0.1) is 0 Å². The van der Waals surface area contributed by atoms with E-state index in [0.717, 1.165) is 18.5 Å². The van der Waals surface area contributed by atoms with Crippen LogP contribution in [0.3, 0.4) is 0 Å². The predicted molar refractivity (Wildman–Crippen MR) is 95.5 cm³/mol. The van der Waals surface area contributed by atoms with Gasteiger partial charge in [0, 0.05) is 31.2 Å².